The largest absolute Gasteiger partial charge is 0.326 e. The van der Waals surface area contributed by atoms with Crippen molar-refractivity contribution in [3.63, 3.8) is 0 Å². The molecule has 0 aromatic heterocycles. The number of alkyl halides is 1. The standard InChI is InChI=1S/C19H23BrN2O2/c1-12(23)21-15-2-4-16(5-3-15)22-17(24)18-7-13-6-14(8-18)10-19(20,9-13)11-18/h2-5,13-14H,6-11H2,1H3,(H,21,23)(H,22,24)/t13-,14+,18?,19?. The molecule has 0 saturated heterocycles. The van der Waals surface area contributed by atoms with Crippen LogP contribution in [0.4, 0.5) is 11.4 Å². The van der Waals surface area contributed by atoms with Gasteiger partial charge in [-0.05, 0) is 74.6 Å². The molecule has 0 radical (unpaired) electrons. The van der Waals surface area contributed by atoms with Gasteiger partial charge in [-0.3, -0.25) is 9.59 Å². The minimum absolute atomic E-state index is 0.0945. The first-order chi connectivity index (χ1) is 11.4. The molecular weight excluding hydrogens is 368 g/mol. The second kappa shape index (κ2) is 5.58. The van der Waals surface area contributed by atoms with Crippen LogP contribution in [0.25, 0.3) is 0 Å². The topological polar surface area (TPSA) is 58.2 Å². The molecule has 2 unspecified atom stereocenters. The maximum atomic E-state index is 13.1. The van der Waals surface area contributed by atoms with Crippen molar-refractivity contribution in [1.29, 1.82) is 0 Å². The van der Waals surface area contributed by atoms with Gasteiger partial charge >= 0.3 is 0 Å². The quantitative estimate of drug-likeness (QED) is 0.755. The van der Waals surface area contributed by atoms with Crippen molar-refractivity contribution in [1.82, 2.24) is 0 Å². The van der Waals surface area contributed by atoms with E-state index in [0.29, 0.717) is 11.8 Å². The van der Waals surface area contributed by atoms with Gasteiger partial charge in [0, 0.05) is 22.6 Å². The molecule has 4 saturated carbocycles. The van der Waals surface area contributed by atoms with Crippen molar-refractivity contribution in [3.05, 3.63) is 24.3 Å². The van der Waals surface area contributed by atoms with E-state index in [9.17, 15) is 9.59 Å². The molecular formula is C19H23BrN2O2. The van der Waals surface area contributed by atoms with Gasteiger partial charge in [0.15, 0.2) is 0 Å². The summed E-state index contributed by atoms with van der Waals surface area (Å²) in [6.45, 7) is 1.48. The van der Waals surface area contributed by atoms with Gasteiger partial charge in [0.2, 0.25) is 11.8 Å². The Morgan fingerprint density at radius 2 is 1.54 bits per heavy atom. The third-order valence-corrected chi connectivity index (χ3v) is 6.86. The summed E-state index contributed by atoms with van der Waals surface area (Å²) in [5.74, 6) is 1.47. The highest BCUT2D eigenvalue weighted by Crippen LogP contribution is 2.64. The van der Waals surface area contributed by atoms with E-state index in [4.69, 9.17) is 0 Å². The summed E-state index contributed by atoms with van der Waals surface area (Å²) >= 11 is 3.96. The van der Waals surface area contributed by atoms with Crippen LogP contribution in [0.15, 0.2) is 24.3 Å². The fourth-order valence-corrected chi connectivity index (χ4v) is 6.97. The predicted molar refractivity (Wildman–Crippen MR) is 98.1 cm³/mol. The van der Waals surface area contributed by atoms with Gasteiger partial charge in [0.05, 0.1) is 5.41 Å². The van der Waals surface area contributed by atoms with E-state index in [1.54, 1.807) is 0 Å². The number of hydrogen-bond acceptors (Lipinski definition) is 2. The lowest BCUT2D eigenvalue weighted by Crippen LogP contribution is -2.57. The van der Waals surface area contributed by atoms with E-state index in [-0.39, 0.29) is 21.6 Å². The lowest BCUT2D eigenvalue weighted by molar-refractivity contribution is -0.138. The fourth-order valence-electron chi connectivity index (χ4n) is 5.52. The molecule has 4 fully saturated rings. The zero-order valence-corrected chi connectivity index (χ0v) is 15.5. The highest BCUT2D eigenvalue weighted by molar-refractivity contribution is 9.10. The van der Waals surface area contributed by atoms with E-state index < -0.39 is 0 Å². The van der Waals surface area contributed by atoms with E-state index in [1.807, 2.05) is 24.3 Å². The van der Waals surface area contributed by atoms with Gasteiger partial charge in [0.1, 0.15) is 0 Å². The van der Waals surface area contributed by atoms with Crippen molar-refractivity contribution < 1.29 is 9.59 Å². The second-order valence-electron chi connectivity index (χ2n) is 8.10. The van der Waals surface area contributed by atoms with Crippen LogP contribution in [0.5, 0.6) is 0 Å². The van der Waals surface area contributed by atoms with Gasteiger partial charge in [0.25, 0.3) is 0 Å². The number of carbonyl (C=O) groups is 2. The van der Waals surface area contributed by atoms with Crippen LogP contribution >= 0.6 is 15.9 Å². The molecule has 4 atom stereocenters. The fraction of sp³-hybridized carbons (Fsp3) is 0.579. The molecule has 4 aliphatic rings. The van der Waals surface area contributed by atoms with Crippen LogP contribution < -0.4 is 10.6 Å². The third-order valence-electron chi connectivity index (χ3n) is 5.93. The smallest absolute Gasteiger partial charge is 0.230 e. The highest BCUT2D eigenvalue weighted by atomic mass is 79.9. The number of hydrogen-bond donors (Lipinski definition) is 2. The molecule has 4 aliphatic carbocycles. The van der Waals surface area contributed by atoms with Crippen LogP contribution in [0.3, 0.4) is 0 Å². The normalized spacial score (nSPS) is 36.4. The Kier molecular flexibility index (Phi) is 3.75. The molecule has 5 heteroatoms. The van der Waals surface area contributed by atoms with E-state index in [1.165, 1.54) is 26.2 Å². The molecule has 4 nitrogen and oxygen atoms in total. The summed E-state index contributed by atoms with van der Waals surface area (Å²) in [6, 6.07) is 7.35. The maximum Gasteiger partial charge on any atom is 0.230 e. The molecule has 2 N–H and O–H groups in total. The predicted octanol–water partition coefficient (Wildman–Crippen LogP) is 4.32. The molecule has 5 rings (SSSR count). The summed E-state index contributed by atoms with van der Waals surface area (Å²) in [4.78, 5) is 24.1. The average Bonchev–Trinajstić information content (AvgIpc) is 2.46. The molecule has 2 amide bonds. The van der Waals surface area contributed by atoms with E-state index in [0.717, 1.165) is 30.6 Å². The van der Waals surface area contributed by atoms with Gasteiger partial charge in [-0.15, -0.1) is 0 Å². The van der Waals surface area contributed by atoms with Crippen molar-refractivity contribution >= 4 is 39.1 Å². The Hall–Kier alpha value is -1.36. The zero-order valence-electron chi connectivity index (χ0n) is 13.9. The average molecular weight is 391 g/mol. The summed E-state index contributed by atoms with van der Waals surface area (Å²) < 4.78 is 0.184. The van der Waals surface area contributed by atoms with Crippen LogP contribution in [-0.2, 0) is 9.59 Å². The number of anilines is 2. The summed E-state index contributed by atoms with van der Waals surface area (Å²) in [7, 11) is 0. The number of halogens is 1. The Bertz CT molecular complexity index is 671. The van der Waals surface area contributed by atoms with Crippen molar-refractivity contribution in [2.75, 3.05) is 10.6 Å². The second-order valence-corrected chi connectivity index (χ2v) is 9.79. The van der Waals surface area contributed by atoms with Crippen LogP contribution in [0, 0.1) is 17.3 Å². The monoisotopic (exact) mass is 390 g/mol. The Morgan fingerprint density at radius 3 is 2.04 bits per heavy atom. The van der Waals surface area contributed by atoms with Crippen LogP contribution in [0.1, 0.15) is 45.4 Å². The third kappa shape index (κ3) is 2.87. The molecule has 24 heavy (non-hydrogen) atoms. The first-order valence-corrected chi connectivity index (χ1v) is 9.53. The van der Waals surface area contributed by atoms with Gasteiger partial charge in [-0.1, -0.05) is 15.9 Å². The zero-order chi connectivity index (χ0) is 16.9. The number of benzene rings is 1. The Balaban J connectivity index is 1.49. The summed E-state index contributed by atoms with van der Waals surface area (Å²) in [6.07, 6.45) is 6.78. The maximum absolute atomic E-state index is 13.1. The van der Waals surface area contributed by atoms with E-state index in [2.05, 4.69) is 26.6 Å². The van der Waals surface area contributed by atoms with Crippen molar-refractivity contribution in [3.8, 4) is 0 Å². The Labute approximate surface area is 150 Å². The molecule has 0 aliphatic heterocycles. The lowest BCUT2D eigenvalue weighted by Gasteiger charge is -2.59. The highest BCUT2D eigenvalue weighted by Gasteiger charge is 2.59. The SMILES string of the molecule is CC(=O)Nc1ccc(NC(=O)C23C[C@@H]4C[C@@H](CC(Br)(C4)C2)C3)cc1. The van der Waals surface area contributed by atoms with Crippen molar-refractivity contribution in [2.45, 2.75) is 49.8 Å². The number of amides is 2. The minimum atomic E-state index is -0.204. The molecule has 128 valence electrons. The van der Waals surface area contributed by atoms with Crippen molar-refractivity contribution in [2.24, 2.45) is 17.3 Å². The number of carbonyl (C=O) groups excluding carboxylic acids is 2. The molecule has 4 bridgehead atoms. The first-order valence-electron chi connectivity index (χ1n) is 8.74. The van der Waals surface area contributed by atoms with E-state index >= 15 is 0 Å². The first kappa shape index (κ1) is 16.1. The Morgan fingerprint density at radius 1 is 1.00 bits per heavy atom. The van der Waals surface area contributed by atoms with Gasteiger partial charge < -0.3 is 10.6 Å². The molecule has 1 aromatic carbocycles. The van der Waals surface area contributed by atoms with Gasteiger partial charge in [-0.2, -0.15) is 0 Å². The number of rotatable bonds is 3. The molecule has 0 spiro atoms. The molecule has 1 aromatic rings. The van der Waals surface area contributed by atoms with Crippen LogP contribution in [0.2, 0.25) is 0 Å². The van der Waals surface area contributed by atoms with Gasteiger partial charge in [-0.25, -0.2) is 0 Å². The molecule has 0 heterocycles. The number of nitrogens with one attached hydrogen (secondary N) is 2. The summed E-state index contributed by atoms with van der Waals surface area (Å²) in [5.41, 5.74) is 1.34. The summed E-state index contributed by atoms with van der Waals surface area (Å²) in [5, 5.41) is 5.87. The minimum Gasteiger partial charge on any atom is -0.326 e. The lowest BCUT2D eigenvalue weighted by atomic mass is 9.49. The van der Waals surface area contributed by atoms with Crippen LogP contribution in [-0.4, -0.2) is 16.1 Å².